The van der Waals surface area contributed by atoms with Crippen molar-refractivity contribution < 1.29 is 9.59 Å². The van der Waals surface area contributed by atoms with Crippen LogP contribution in [0.2, 0.25) is 5.02 Å². The van der Waals surface area contributed by atoms with Gasteiger partial charge in [-0.05, 0) is 29.7 Å². The van der Waals surface area contributed by atoms with Crippen molar-refractivity contribution in [3.05, 3.63) is 70.7 Å². The van der Waals surface area contributed by atoms with Crippen molar-refractivity contribution in [3.8, 4) is 0 Å². The van der Waals surface area contributed by atoms with E-state index in [1.807, 2.05) is 68.4 Å². The number of carbonyl (C=O) groups is 2. The fraction of sp³-hybridized carbons (Fsp3) is 0.417. The molecule has 29 heavy (non-hydrogen) atoms. The van der Waals surface area contributed by atoms with Crippen LogP contribution in [0.4, 0.5) is 0 Å². The van der Waals surface area contributed by atoms with Crippen LogP contribution in [0.25, 0.3) is 0 Å². The summed E-state index contributed by atoms with van der Waals surface area (Å²) in [6.45, 7) is 6.80. The van der Waals surface area contributed by atoms with Crippen LogP contribution in [0.5, 0.6) is 0 Å². The standard InChI is InChI=1S/C24H31ClN2O2/c1-4-5-15-26-23(28)22(16-19-9-7-6-8-10-19)27(24(29)18(2)3)17-20-11-13-21(25)14-12-20/h6-14,18,22H,4-5,15-17H2,1-3H3,(H,26,28). The summed E-state index contributed by atoms with van der Waals surface area (Å²) in [7, 11) is 0. The number of unbranched alkanes of at least 4 members (excludes halogenated alkanes) is 1. The molecule has 5 heteroatoms. The first-order valence-electron chi connectivity index (χ1n) is 10.3. The second kappa shape index (κ2) is 11.6. The molecule has 2 rings (SSSR count). The Hall–Kier alpha value is -2.33. The number of benzene rings is 2. The number of carbonyl (C=O) groups excluding carboxylic acids is 2. The number of nitrogens with one attached hydrogen (secondary N) is 1. The Bertz CT molecular complexity index is 775. The smallest absolute Gasteiger partial charge is 0.243 e. The van der Waals surface area contributed by atoms with Crippen LogP contribution >= 0.6 is 11.6 Å². The van der Waals surface area contributed by atoms with Crippen LogP contribution in [-0.2, 0) is 22.6 Å². The Morgan fingerprint density at radius 3 is 2.24 bits per heavy atom. The molecule has 1 atom stereocenters. The fourth-order valence-corrected chi connectivity index (χ4v) is 3.27. The van der Waals surface area contributed by atoms with Crippen LogP contribution < -0.4 is 5.32 Å². The Kier molecular flexibility index (Phi) is 9.20. The molecule has 0 saturated heterocycles. The van der Waals surface area contributed by atoms with E-state index in [0.29, 0.717) is 24.5 Å². The van der Waals surface area contributed by atoms with E-state index in [0.717, 1.165) is 24.0 Å². The van der Waals surface area contributed by atoms with Crippen molar-refractivity contribution in [1.29, 1.82) is 0 Å². The highest BCUT2D eigenvalue weighted by molar-refractivity contribution is 6.30. The minimum absolute atomic E-state index is 0.0356. The van der Waals surface area contributed by atoms with Crippen LogP contribution in [0.15, 0.2) is 54.6 Å². The molecule has 156 valence electrons. The molecule has 0 fully saturated rings. The molecule has 1 N–H and O–H groups in total. The van der Waals surface area contributed by atoms with E-state index >= 15 is 0 Å². The maximum absolute atomic E-state index is 13.1. The molecule has 2 aromatic carbocycles. The van der Waals surface area contributed by atoms with Crippen molar-refractivity contribution in [2.75, 3.05) is 6.54 Å². The van der Waals surface area contributed by atoms with E-state index in [2.05, 4.69) is 12.2 Å². The number of halogens is 1. The van der Waals surface area contributed by atoms with E-state index in [9.17, 15) is 9.59 Å². The van der Waals surface area contributed by atoms with Gasteiger partial charge in [-0.25, -0.2) is 0 Å². The molecule has 1 unspecified atom stereocenters. The maximum atomic E-state index is 13.1. The lowest BCUT2D eigenvalue weighted by molar-refractivity contribution is -0.143. The number of nitrogens with zero attached hydrogens (tertiary/aromatic N) is 1. The number of hydrogen-bond acceptors (Lipinski definition) is 2. The zero-order valence-corrected chi connectivity index (χ0v) is 18.3. The third kappa shape index (κ3) is 7.21. The van der Waals surface area contributed by atoms with Crippen molar-refractivity contribution >= 4 is 23.4 Å². The van der Waals surface area contributed by atoms with Gasteiger partial charge in [0.2, 0.25) is 11.8 Å². The molecule has 4 nitrogen and oxygen atoms in total. The van der Waals surface area contributed by atoms with Gasteiger partial charge < -0.3 is 10.2 Å². The molecule has 0 aliphatic rings. The summed E-state index contributed by atoms with van der Waals surface area (Å²) in [6, 6.07) is 16.7. The highest BCUT2D eigenvalue weighted by Gasteiger charge is 2.31. The molecule has 0 spiro atoms. The molecule has 0 aliphatic heterocycles. The van der Waals surface area contributed by atoms with Gasteiger partial charge in [-0.1, -0.05) is 81.3 Å². The summed E-state index contributed by atoms with van der Waals surface area (Å²) >= 11 is 6.01. The highest BCUT2D eigenvalue weighted by atomic mass is 35.5. The summed E-state index contributed by atoms with van der Waals surface area (Å²) in [5.74, 6) is -0.346. The monoisotopic (exact) mass is 414 g/mol. The molecule has 2 amide bonds. The van der Waals surface area contributed by atoms with Gasteiger partial charge in [0.1, 0.15) is 6.04 Å². The molecule has 0 aromatic heterocycles. The van der Waals surface area contributed by atoms with E-state index in [4.69, 9.17) is 11.6 Å². The minimum Gasteiger partial charge on any atom is -0.354 e. The molecular weight excluding hydrogens is 384 g/mol. The lowest BCUT2D eigenvalue weighted by Crippen LogP contribution is -2.51. The Labute approximate surface area is 179 Å². The topological polar surface area (TPSA) is 49.4 Å². The maximum Gasteiger partial charge on any atom is 0.243 e. The Morgan fingerprint density at radius 2 is 1.66 bits per heavy atom. The van der Waals surface area contributed by atoms with Gasteiger partial charge >= 0.3 is 0 Å². The van der Waals surface area contributed by atoms with Crippen LogP contribution in [0.3, 0.4) is 0 Å². The zero-order valence-electron chi connectivity index (χ0n) is 17.5. The van der Waals surface area contributed by atoms with Crippen LogP contribution in [-0.4, -0.2) is 29.3 Å². The zero-order chi connectivity index (χ0) is 21.2. The summed E-state index contributed by atoms with van der Waals surface area (Å²) in [5.41, 5.74) is 1.98. The highest BCUT2D eigenvalue weighted by Crippen LogP contribution is 2.18. The van der Waals surface area contributed by atoms with E-state index < -0.39 is 6.04 Å². The molecular formula is C24H31ClN2O2. The summed E-state index contributed by atoms with van der Waals surface area (Å²) in [4.78, 5) is 27.9. The third-order valence-corrected chi connectivity index (χ3v) is 5.08. The van der Waals surface area contributed by atoms with Gasteiger partial charge in [-0.3, -0.25) is 9.59 Å². The quantitative estimate of drug-likeness (QED) is 0.565. The normalized spacial score (nSPS) is 11.9. The predicted molar refractivity (Wildman–Crippen MR) is 119 cm³/mol. The second-order valence-electron chi connectivity index (χ2n) is 7.60. The summed E-state index contributed by atoms with van der Waals surface area (Å²) < 4.78 is 0. The van der Waals surface area contributed by atoms with Gasteiger partial charge in [0.05, 0.1) is 0 Å². The first kappa shape index (κ1) is 23.0. The number of amides is 2. The first-order valence-corrected chi connectivity index (χ1v) is 10.7. The molecule has 0 heterocycles. The Morgan fingerprint density at radius 1 is 1.00 bits per heavy atom. The first-order chi connectivity index (χ1) is 13.9. The summed E-state index contributed by atoms with van der Waals surface area (Å²) in [5, 5.41) is 3.67. The molecule has 0 aliphatic carbocycles. The number of rotatable bonds is 10. The molecule has 2 aromatic rings. The van der Waals surface area contributed by atoms with Gasteiger partial charge in [-0.2, -0.15) is 0 Å². The molecule has 0 bridgehead atoms. The third-order valence-electron chi connectivity index (χ3n) is 4.82. The van der Waals surface area contributed by atoms with Gasteiger partial charge in [0.25, 0.3) is 0 Å². The second-order valence-corrected chi connectivity index (χ2v) is 8.03. The lowest BCUT2D eigenvalue weighted by atomic mass is 10.0. The van der Waals surface area contributed by atoms with Gasteiger partial charge in [0.15, 0.2) is 0 Å². The molecule has 0 saturated carbocycles. The SMILES string of the molecule is CCCCNC(=O)C(Cc1ccccc1)N(Cc1ccc(Cl)cc1)C(=O)C(C)C. The average molecular weight is 415 g/mol. The van der Waals surface area contributed by atoms with Gasteiger partial charge in [-0.15, -0.1) is 0 Å². The number of hydrogen-bond donors (Lipinski definition) is 1. The van der Waals surface area contributed by atoms with Crippen LogP contribution in [0, 0.1) is 5.92 Å². The largest absolute Gasteiger partial charge is 0.354 e. The van der Waals surface area contributed by atoms with E-state index in [1.165, 1.54) is 0 Å². The van der Waals surface area contributed by atoms with E-state index in [1.54, 1.807) is 4.90 Å². The van der Waals surface area contributed by atoms with Crippen molar-refractivity contribution in [2.24, 2.45) is 5.92 Å². The van der Waals surface area contributed by atoms with Crippen LogP contribution in [0.1, 0.15) is 44.7 Å². The molecule has 0 radical (unpaired) electrons. The van der Waals surface area contributed by atoms with Gasteiger partial charge in [0, 0.05) is 30.5 Å². The van der Waals surface area contributed by atoms with E-state index in [-0.39, 0.29) is 17.7 Å². The lowest BCUT2D eigenvalue weighted by Gasteiger charge is -2.32. The minimum atomic E-state index is -0.570. The Balaban J connectivity index is 2.33. The fourth-order valence-electron chi connectivity index (χ4n) is 3.15. The van der Waals surface area contributed by atoms with Crippen molar-refractivity contribution in [3.63, 3.8) is 0 Å². The summed E-state index contributed by atoms with van der Waals surface area (Å²) in [6.07, 6.45) is 2.40. The average Bonchev–Trinajstić information content (AvgIpc) is 2.72. The van der Waals surface area contributed by atoms with Crippen molar-refractivity contribution in [2.45, 2.75) is 52.6 Å². The van der Waals surface area contributed by atoms with Crippen molar-refractivity contribution in [1.82, 2.24) is 10.2 Å². The predicted octanol–water partition coefficient (Wildman–Crippen LogP) is 4.85.